The monoisotopic (exact) mass is 599 g/mol. The summed E-state index contributed by atoms with van der Waals surface area (Å²) in [6.07, 6.45) is 4.74. The standard InChI is InChI=1S/C29H27Cl2N3O5S/c1-2-3-14-39-28(35)19-34(40(37,38)23-16-21(30)15-22(31)17-23)27-9-5-6-24-25(27)7-4-8-26(24)29(36)33-18-20-10-12-32-13-11-20/h4-13,15-17H,2-3,14,18-19H2,1H3,(H,33,36). The zero-order chi connectivity index (χ0) is 28.7. The van der Waals surface area contributed by atoms with Gasteiger partial charge in [0, 0.05) is 39.9 Å². The number of sulfonamides is 1. The van der Waals surface area contributed by atoms with Crippen LogP contribution in [0.3, 0.4) is 0 Å². The summed E-state index contributed by atoms with van der Waals surface area (Å²) >= 11 is 12.2. The van der Waals surface area contributed by atoms with Crippen molar-refractivity contribution < 1.29 is 22.7 Å². The third-order valence-corrected chi connectivity index (χ3v) is 8.25. The second kappa shape index (κ2) is 13.1. The molecule has 0 saturated carbocycles. The molecule has 1 heterocycles. The van der Waals surface area contributed by atoms with Crippen LogP contribution in [0.15, 0.2) is 84.0 Å². The molecule has 1 amide bonds. The van der Waals surface area contributed by atoms with Crippen molar-refractivity contribution in [1.82, 2.24) is 10.3 Å². The SMILES string of the molecule is CCCCOC(=O)CN(c1cccc2c(C(=O)NCc3ccncc3)cccc12)S(=O)(=O)c1cc(Cl)cc(Cl)c1. The molecule has 4 rings (SSSR count). The molecule has 0 unspecified atom stereocenters. The van der Waals surface area contributed by atoms with Gasteiger partial charge in [-0.15, -0.1) is 0 Å². The van der Waals surface area contributed by atoms with E-state index in [1.54, 1.807) is 60.9 Å². The van der Waals surface area contributed by atoms with E-state index in [9.17, 15) is 18.0 Å². The number of anilines is 1. The van der Waals surface area contributed by atoms with E-state index in [0.29, 0.717) is 22.8 Å². The zero-order valence-corrected chi connectivity index (χ0v) is 24.0. The molecule has 0 aliphatic carbocycles. The normalized spacial score (nSPS) is 11.3. The zero-order valence-electron chi connectivity index (χ0n) is 21.6. The quantitative estimate of drug-likeness (QED) is 0.167. The molecule has 8 nitrogen and oxygen atoms in total. The number of hydrogen-bond donors (Lipinski definition) is 1. The van der Waals surface area contributed by atoms with E-state index in [1.165, 1.54) is 18.2 Å². The van der Waals surface area contributed by atoms with Crippen LogP contribution in [0.25, 0.3) is 10.8 Å². The van der Waals surface area contributed by atoms with E-state index in [4.69, 9.17) is 27.9 Å². The number of ether oxygens (including phenoxy) is 1. The van der Waals surface area contributed by atoms with Crippen molar-refractivity contribution in [2.75, 3.05) is 17.5 Å². The van der Waals surface area contributed by atoms with Gasteiger partial charge in [-0.25, -0.2) is 8.42 Å². The van der Waals surface area contributed by atoms with E-state index in [1.807, 2.05) is 6.92 Å². The minimum absolute atomic E-state index is 0.127. The predicted molar refractivity (Wildman–Crippen MR) is 156 cm³/mol. The largest absolute Gasteiger partial charge is 0.464 e. The summed E-state index contributed by atoms with van der Waals surface area (Å²) in [5, 5.41) is 4.10. The fourth-order valence-corrected chi connectivity index (χ4v) is 6.24. The molecule has 0 fully saturated rings. The Balaban J connectivity index is 1.76. The van der Waals surface area contributed by atoms with Gasteiger partial charge in [-0.3, -0.25) is 18.9 Å². The number of benzene rings is 3. The summed E-state index contributed by atoms with van der Waals surface area (Å²) in [5.41, 5.74) is 1.43. The first kappa shape index (κ1) is 29.3. The van der Waals surface area contributed by atoms with Crippen LogP contribution < -0.4 is 9.62 Å². The van der Waals surface area contributed by atoms with Gasteiger partial charge in [-0.2, -0.15) is 0 Å². The summed E-state index contributed by atoms with van der Waals surface area (Å²) in [5.74, 6) is -1.05. The molecule has 1 N–H and O–H groups in total. The van der Waals surface area contributed by atoms with Crippen LogP contribution in [0.5, 0.6) is 0 Å². The molecule has 0 radical (unpaired) electrons. The number of fused-ring (bicyclic) bond motifs is 1. The molecule has 11 heteroatoms. The van der Waals surface area contributed by atoms with Crippen molar-refractivity contribution in [2.24, 2.45) is 0 Å². The van der Waals surface area contributed by atoms with Crippen LogP contribution in [-0.2, 0) is 26.1 Å². The maximum atomic E-state index is 13.9. The van der Waals surface area contributed by atoms with Crippen LogP contribution in [0.4, 0.5) is 5.69 Å². The van der Waals surface area contributed by atoms with E-state index in [0.717, 1.165) is 16.3 Å². The van der Waals surface area contributed by atoms with Crippen LogP contribution in [0.1, 0.15) is 35.7 Å². The van der Waals surface area contributed by atoms with E-state index in [-0.39, 0.29) is 39.7 Å². The molecule has 40 heavy (non-hydrogen) atoms. The number of pyridine rings is 1. The van der Waals surface area contributed by atoms with Crippen LogP contribution in [0, 0.1) is 0 Å². The van der Waals surface area contributed by atoms with Gasteiger partial charge >= 0.3 is 5.97 Å². The average molecular weight is 601 g/mol. The molecule has 0 spiro atoms. The van der Waals surface area contributed by atoms with E-state index >= 15 is 0 Å². The number of halogens is 2. The fraction of sp³-hybridized carbons (Fsp3) is 0.207. The van der Waals surface area contributed by atoms with Crippen molar-refractivity contribution in [3.8, 4) is 0 Å². The van der Waals surface area contributed by atoms with Gasteiger partial charge in [0.1, 0.15) is 6.54 Å². The third kappa shape index (κ3) is 6.91. The van der Waals surface area contributed by atoms with Crippen molar-refractivity contribution in [1.29, 1.82) is 0 Å². The minimum Gasteiger partial charge on any atom is -0.464 e. The molecule has 3 aromatic carbocycles. The molecule has 0 aliphatic rings. The molecular formula is C29H27Cl2N3O5S. The lowest BCUT2D eigenvalue weighted by molar-refractivity contribution is -0.141. The second-order valence-corrected chi connectivity index (χ2v) is 11.6. The Labute approximate surface area is 242 Å². The first-order chi connectivity index (χ1) is 19.2. The summed E-state index contributed by atoms with van der Waals surface area (Å²) < 4.78 is 34.1. The third-order valence-electron chi connectivity index (χ3n) is 6.07. The van der Waals surface area contributed by atoms with Gasteiger partial charge < -0.3 is 10.1 Å². The summed E-state index contributed by atoms with van der Waals surface area (Å²) in [7, 11) is -4.34. The molecule has 1 aromatic heterocycles. The van der Waals surface area contributed by atoms with Crippen molar-refractivity contribution in [2.45, 2.75) is 31.2 Å². The predicted octanol–water partition coefficient (Wildman–Crippen LogP) is 6.01. The highest BCUT2D eigenvalue weighted by molar-refractivity contribution is 7.93. The Hall–Kier alpha value is -3.66. The maximum Gasteiger partial charge on any atom is 0.326 e. The van der Waals surface area contributed by atoms with Crippen molar-refractivity contribution in [3.05, 3.63) is 100 Å². The Bertz CT molecular complexity index is 1610. The topological polar surface area (TPSA) is 106 Å². The number of hydrogen-bond acceptors (Lipinski definition) is 6. The Morgan fingerprint density at radius 3 is 2.33 bits per heavy atom. The lowest BCUT2D eigenvalue weighted by atomic mass is 10.0. The van der Waals surface area contributed by atoms with Crippen LogP contribution in [0.2, 0.25) is 10.0 Å². The number of unbranched alkanes of at least 4 members (excludes halogenated alkanes) is 1. The van der Waals surface area contributed by atoms with Gasteiger partial charge in [0.2, 0.25) is 0 Å². The number of aromatic nitrogens is 1. The minimum atomic E-state index is -4.34. The van der Waals surface area contributed by atoms with E-state index < -0.39 is 22.5 Å². The summed E-state index contributed by atoms with van der Waals surface area (Å²) in [4.78, 5) is 29.8. The number of carbonyl (C=O) groups is 2. The molecule has 0 aliphatic heterocycles. The Morgan fingerprint density at radius 1 is 0.950 bits per heavy atom. The molecular weight excluding hydrogens is 573 g/mol. The number of esters is 1. The Kier molecular flexibility index (Phi) is 9.63. The Morgan fingerprint density at radius 2 is 1.62 bits per heavy atom. The first-order valence-electron chi connectivity index (χ1n) is 12.5. The van der Waals surface area contributed by atoms with Gasteiger partial charge in [0.05, 0.1) is 17.2 Å². The number of nitrogens with one attached hydrogen (secondary N) is 1. The highest BCUT2D eigenvalue weighted by Crippen LogP contribution is 2.34. The highest BCUT2D eigenvalue weighted by atomic mass is 35.5. The first-order valence-corrected chi connectivity index (χ1v) is 14.7. The number of rotatable bonds is 11. The van der Waals surface area contributed by atoms with Gasteiger partial charge in [0.15, 0.2) is 0 Å². The van der Waals surface area contributed by atoms with Crippen molar-refractivity contribution in [3.63, 3.8) is 0 Å². The fourth-order valence-electron chi connectivity index (χ4n) is 4.08. The average Bonchev–Trinajstić information content (AvgIpc) is 2.94. The highest BCUT2D eigenvalue weighted by Gasteiger charge is 2.30. The lowest BCUT2D eigenvalue weighted by Crippen LogP contribution is -2.37. The number of carbonyl (C=O) groups excluding carboxylic acids is 2. The van der Waals surface area contributed by atoms with E-state index in [2.05, 4.69) is 10.3 Å². The van der Waals surface area contributed by atoms with Gasteiger partial charge in [-0.05, 0) is 59.8 Å². The van der Waals surface area contributed by atoms with Gasteiger partial charge in [-0.1, -0.05) is 60.8 Å². The summed E-state index contributed by atoms with van der Waals surface area (Å²) in [6.45, 7) is 1.82. The maximum absolute atomic E-state index is 13.9. The molecule has 0 saturated heterocycles. The van der Waals surface area contributed by atoms with Crippen LogP contribution >= 0.6 is 23.2 Å². The van der Waals surface area contributed by atoms with Crippen molar-refractivity contribution >= 4 is 61.6 Å². The summed E-state index contributed by atoms with van der Waals surface area (Å²) in [6, 6.07) is 17.5. The van der Waals surface area contributed by atoms with Gasteiger partial charge in [0.25, 0.3) is 15.9 Å². The molecule has 0 atom stereocenters. The number of nitrogens with zero attached hydrogens (tertiary/aromatic N) is 2. The lowest BCUT2D eigenvalue weighted by Gasteiger charge is -2.25. The molecule has 4 aromatic rings. The smallest absolute Gasteiger partial charge is 0.326 e. The second-order valence-electron chi connectivity index (χ2n) is 8.91. The molecule has 208 valence electrons. The number of amides is 1. The molecule has 0 bridgehead atoms. The van der Waals surface area contributed by atoms with Crippen LogP contribution in [-0.4, -0.2) is 38.4 Å².